The smallest absolute Gasteiger partial charge is 0.248 e. The normalized spacial score (nSPS) is 14.9. The van der Waals surface area contributed by atoms with E-state index in [1.165, 1.54) is 23.1 Å². The Morgan fingerprint density at radius 2 is 1.96 bits per heavy atom. The van der Waals surface area contributed by atoms with Crippen molar-refractivity contribution in [2.45, 2.75) is 25.7 Å². The molecule has 1 aromatic heterocycles. The molecule has 144 valence electrons. The van der Waals surface area contributed by atoms with Crippen molar-refractivity contribution < 1.29 is 4.79 Å². The van der Waals surface area contributed by atoms with Crippen LogP contribution in [0.25, 0.3) is 16.5 Å². The number of nitrogens with zero attached hydrogens (tertiary/aromatic N) is 1. The minimum Gasteiger partial charge on any atom is -0.366 e. The molecule has 1 amide bonds. The van der Waals surface area contributed by atoms with Gasteiger partial charge in [0.1, 0.15) is 0 Å². The zero-order chi connectivity index (χ0) is 19.3. The second kappa shape index (κ2) is 8.44. The van der Waals surface area contributed by atoms with Crippen LogP contribution in [-0.4, -0.2) is 35.4 Å². The molecule has 3 N–H and O–H groups in total. The number of rotatable bonds is 7. The van der Waals surface area contributed by atoms with Gasteiger partial charge in [0.2, 0.25) is 5.91 Å². The van der Waals surface area contributed by atoms with E-state index in [0.717, 1.165) is 49.8 Å². The van der Waals surface area contributed by atoms with Crippen LogP contribution in [0.5, 0.6) is 0 Å². The standard InChI is InChI=1S/C24H27N3O/c25-24(28)20-9-10-23-22(16-20)21(17-26-23)8-4-5-13-27-14-11-19(12-15-27)18-6-2-1-3-7-18/h1-3,6-7,9-11,16-17,26H,4-5,8,12-15H2,(H2,25,28). The summed E-state index contributed by atoms with van der Waals surface area (Å²) >= 11 is 0. The Labute approximate surface area is 166 Å². The van der Waals surface area contributed by atoms with Crippen molar-refractivity contribution in [1.29, 1.82) is 0 Å². The Kier molecular flexibility index (Phi) is 5.58. The van der Waals surface area contributed by atoms with E-state index >= 15 is 0 Å². The van der Waals surface area contributed by atoms with Crippen LogP contribution in [0, 0.1) is 0 Å². The molecule has 4 rings (SSSR count). The largest absolute Gasteiger partial charge is 0.366 e. The van der Waals surface area contributed by atoms with Crippen molar-refractivity contribution in [3.05, 3.63) is 77.5 Å². The van der Waals surface area contributed by atoms with Crippen LogP contribution < -0.4 is 5.73 Å². The first-order valence-electron chi connectivity index (χ1n) is 10.1. The van der Waals surface area contributed by atoms with Crippen molar-refractivity contribution in [3.8, 4) is 0 Å². The SMILES string of the molecule is NC(=O)c1ccc2[nH]cc(CCCCN3CC=C(c4ccccc4)CC3)c2c1. The van der Waals surface area contributed by atoms with Gasteiger partial charge in [0.05, 0.1) is 0 Å². The maximum atomic E-state index is 11.4. The topological polar surface area (TPSA) is 62.1 Å². The van der Waals surface area contributed by atoms with E-state index in [9.17, 15) is 4.79 Å². The first-order valence-corrected chi connectivity index (χ1v) is 10.1. The van der Waals surface area contributed by atoms with Crippen molar-refractivity contribution >= 4 is 22.4 Å². The van der Waals surface area contributed by atoms with Crippen LogP contribution in [0.15, 0.2) is 60.8 Å². The van der Waals surface area contributed by atoms with Crippen LogP contribution in [0.3, 0.4) is 0 Å². The molecule has 0 saturated heterocycles. The first kappa shape index (κ1) is 18.5. The van der Waals surface area contributed by atoms with E-state index in [0.29, 0.717) is 5.56 Å². The molecule has 0 unspecified atom stereocenters. The van der Waals surface area contributed by atoms with E-state index in [1.807, 2.05) is 12.1 Å². The third kappa shape index (κ3) is 4.18. The number of unbranched alkanes of at least 4 members (excludes halogenated alkanes) is 1. The minimum absolute atomic E-state index is 0.373. The highest BCUT2D eigenvalue weighted by molar-refractivity contribution is 5.97. The van der Waals surface area contributed by atoms with Gasteiger partial charge in [-0.15, -0.1) is 0 Å². The number of hydrogen-bond acceptors (Lipinski definition) is 2. The van der Waals surface area contributed by atoms with E-state index in [4.69, 9.17) is 5.73 Å². The fourth-order valence-electron chi connectivity index (χ4n) is 4.02. The van der Waals surface area contributed by atoms with Gasteiger partial charge in [0, 0.05) is 35.8 Å². The molecule has 1 aliphatic heterocycles. The molecule has 28 heavy (non-hydrogen) atoms. The summed E-state index contributed by atoms with van der Waals surface area (Å²) in [4.78, 5) is 17.3. The number of fused-ring (bicyclic) bond motifs is 1. The number of aromatic amines is 1. The van der Waals surface area contributed by atoms with E-state index < -0.39 is 0 Å². The Balaban J connectivity index is 1.28. The molecule has 4 nitrogen and oxygen atoms in total. The summed E-state index contributed by atoms with van der Waals surface area (Å²) in [6, 6.07) is 16.3. The number of aromatic nitrogens is 1. The van der Waals surface area contributed by atoms with Crippen LogP contribution >= 0.6 is 0 Å². The average Bonchev–Trinajstić information content (AvgIpc) is 3.14. The number of nitrogens with two attached hydrogens (primary N) is 1. The summed E-state index contributed by atoms with van der Waals surface area (Å²) in [6.07, 6.45) is 8.90. The van der Waals surface area contributed by atoms with E-state index in [2.05, 4.69) is 52.5 Å². The number of primary amides is 1. The zero-order valence-electron chi connectivity index (χ0n) is 16.2. The molecule has 0 bridgehead atoms. The van der Waals surface area contributed by atoms with Crippen LogP contribution in [0.1, 0.15) is 40.7 Å². The molecule has 0 aliphatic carbocycles. The molecular formula is C24H27N3O. The Hall–Kier alpha value is -2.85. The van der Waals surface area contributed by atoms with Crippen molar-refractivity contribution in [1.82, 2.24) is 9.88 Å². The van der Waals surface area contributed by atoms with Gasteiger partial charge in [-0.05, 0) is 67.1 Å². The lowest BCUT2D eigenvalue weighted by atomic mass is 9.99. The fourth-order valence-corrected chi connectivity index (χ4v) is 4.02. The average molecular weight is 374 g/mol. The second-order valence-electron chi connectivity index (χ2n) is 7.54. The minimum atomic E-state index is -0.373. The lowest BCUT2D eigenvalue weighted by Gasteiger charge is -2.26. The molecule has 0 spiro atoms. The monoisotopic (exact) mass is 373 g/mol. The van der Waals surface area contributed by atoms with Gasteiger partial charge in [-0.3, -0.25) is 9.69 Å². The number of nitrogens with one attached hydrogen (secondary N) is 1. The first-order chi connectivity index (χ1) is 13.7. The molecule has 3 aromatic rings. The number of hydrogen-bond donors (Lipinski definition) is 2. The molecule has 2 aromatic carbocycles. The summed E-state index contributed by atoms with van der Waals surface area (Å²) in [5.41, 5.74) is 11.1. The highest BCUT2D eigenvalue weighted by Gasteiger charge is 2.13. The number of carbonyl (C=O) groups is 1. The van der Waals surface area contributed by atoms with Crippen molar-refractivity contribution in [2.75, 3.05) is 19.6 Å². The number of aryl methyl sites for hydroxylation is 1. The molecule has 0 radical (unpaired) electrons. The zero-order valence-corrected chi connectivity index (χ0v) is 16.2. The molecule has 4 heteroatoms. The molecule has 0 saturated carbocycles. The predicted octanol–water partition coefficient (Wildman–Crippen LogP) is 4.38. The van der Waals surface area contributed by atoms with Crippen molar-refractivity contribution in [2.24, 2.45) is 5.73 Å². The molecular weight excluding hydrogens is 346 g/mol. The highest BCUT2D eigenvalue weighted by Crippen LogP contribution is 2.23. The summed E-state index contributed by atoms with van der Waals surface area (Å²) < 4.78 is 0. The number of carbonyl (C=O) groups excluding carboxylic acids is 1. The third-order valence-electron chi connectivity index (χ3n) is 5.66. The van der Waals surface area contributed by atoms with Gasteiger partial charge in [-0.1, -0.05) is 36.4 Å². The quantitative estimate of drug-likeness (QED) is 0.604. The Morgan fingerprint density at radius 1 is 1.11 bits per heavy atom. The lowest BCUT2D eigenvalue weighted by molar-refractivity contribution is 0.100. The Morgan fingerprint density at radius 3 is 2.71 bits per heavy atom. The molecule has 2 heterocycles. The van der Waals surface area contributed by atoms with E-state index in [-0.39, 0.29) is 5.91 Å². The predicted molar refractivity (Wildman–Crippen MR) is 115 cm³/mol. The lowest BCUT2D eigenvalue weighted by Crippen LogP contribution is -2.29. The number of benzene rings is 2. The highest BCUT2D eigenvalue weighted by atomic mass is 16.1. The maximum absolute atomic E-state index is 11.4. The van der Waals surface area contributed by atoms with Crippen molar-refractivity contribution in [3.63, 3.8) is 0 Å². The number of H-pyrrole nitrogens is 1. The Bertz CT molecular complexity index is 988. The van der Waals surface area contributed by atoms with Crippen LogP contribution in [-0.2, 0) is 6.42 Å². The molecule has 0 fully saturated rings. The third-order valence-corrected chi connectivity index (χ3v) is 5.66. The van der Waals surface area contributed by atoms with E-state index in [1.54, 1.807) is 6.07 Å². The molecule has 0 atom stereocenters. The second-order valence-corrected chi connectivity index (χ2v) is 7.54. The summed E-state index contributed by atoms with van der Waals surface area (Å²) in [7, 11) is 0. The van der Waals surface area contributed by atoms with Crippen LogP contribution in [0.4, 0.5) is 0 Å². The molecule has 1 aliphatic rings. The summed E-state index contributed by atoms with van der Waals surface area (Å²) in [6.45, 7) is 3.31. The van der Waals surface area contributed by atoms with Gasteiger partial charge >= 0.3 is 0 Å². The van der Waals surface area contributed by atoms with Gasteiger partial charge in [-0.2, -0.15) is 0 Å². The summed E-state index contributed by atoms with van der Waals surface area (Å²) in [5.74, 6) is -0.373. The summed E-state index contributed by atoms with van der Waals surface area (Å²) in [5, 5.41) is 1.12. The number of amides is 1. The van der Waals surface area contributed by atoms with Gasteiger partial charge in [0.15, 0.2) is 0 Å². The maximum Gasteiger partial charge on any atom is 0.248 e. The van der Waals surface area contributed by atoms with Gasteiger partial charge in [0.25, 0.3) is 0 Å². The fraction of sp³-hybridized carbons (Fsp3) is 0.292. The van der Waals surface area contributed by atoms with Gasteiger partial charge in [-0.25, -0.2) is 0 Å². The van der Waals surface area contributed by atoms with Gasteiger partial charge < -0.3 is 10.7 Å². The van der Waals surface area contributed by atoms with Crippen LogP contribution in [0.2, 0.25) is 0 Å².